The Hall–Kier alpha value is -1.62. The number of fused-ring (bicyclic) bond motifs is 1. The highest BCUT2D eigenvalue weighted by atomic mass is 32.2. The molecule has 1 aromatic heterocycles. The third-order valence-electron chi connectivity index (χ3n) is 4.14. The summed E-state index contributed by atoms with van der Waals surface area (Å²) in [5.74, 6) is 1.80. The number of carbonyl (C=O) groups is 1. The summed E-state index contributed by atoms with van der Waals surface area (Å²) >= 11 is 1.54. The molecule has 23 heavy (non-hydrogen) atoms. The number of hydrogen-bond acceptors (Lipinski definition) is 4. The monoisotopic (exact) mass is 329 g/mol. The number of amides is 1. The molecule has 0 unspecified atom stereocenters. The molecule has 1 aliphatic rings. The molecule has 1 aromatic carbocycles. The molecule has 0 aliphatic carbocycles. The lowest BCUT2D eigenvalue weighted by Gasteiger charge is -2.26. The van der Waals surface area contributed by atoms with E-state index in [1.807, 2.05) is 29.2 Å². The third-order valence-corrected chi connectivity index (χ3v) is 5.12. The van der Waals surface area contributed by atoms with Crippen molar-refractivity contribution >= 4 is 28.6 Å². The summed E-state index contributed by atoms with van der Waals surface area (Å²) in [6, 6.07) is 8.04. The molecule has 1 amide bonds. The van der Waals surface area contributed by atoms with Gasteiger partial charge in [-0.1, -0.05) is 43.8 Å². The van der Waals surface area contributed by atoms with Gasteiger partial charge in [-0.05, 0) is 25.3 Å². The Morgan fingerprint density at radius 3 is 2.65 bits per heavy atom. The molecule has 4 nitrogen and oxygen atoms in total. The first kappa shape index (κ1) is 16.2. The molecule has 3 rings (SSSR count). The zero-order valence-electron chi connectivity index (χ0n) is 13.8. The van der Waals surface area contributed by atoms with Crippen LogP contribution in [0.15, 0.2) is 29.3 Å². The average Bonchev–Trinajstić information content (AvgIpc) is 2.59. The second kappa shape index (κ2) is 7.30. The Balaban J connectivity index is 1.79. The molecule has 5 heteroatoms. The van der Waals surface area contributed by atoms with Gasteiger partial charge in [0.2, 0.25) is 5.91 Å². The number of carbonyl (C=O) groups excluding carboxylic acids is 1. The first-order valence-corrected chi connectivity index (χ1v) is 9.31. The Morgan fingerprint density at radius 1 is 1.17 bits per heavy atom. The fourth-order valence-electron chi connectivity index (χ4n) is 2.80. The lowest BCUT2D eigenvalue weighted by Crippen LogP contribution is -2.36. The Labute approximate surface area is 141 Å². The number of piperidine rings is 1. The molecule has 0 spiro atoms. The molecular weight excluding hydrogens is 306 g/mol. The SMILES string of the molecule is CC(C)c1nc(SCC(=O)N2CCCCC2)c2ccccc2n1. The number of para-hydroxylation sites is 1. The van der Waals surface area contributed by atoms with Crippen LogP contribution in [0, 0.1) is 0 Å². The van der Waals surface area contributed by atoms with Crippen molar-refractivity contribution in [1.82, 2.24) is 14.9 Å². The molecule has 0 bridgehead atoms. The Morgan fingerprint density at radius 2 is 1.91 bits per heavy atom. The second-order valence-corrected chi connectivity index (χ2v) is 7.25. The number of rotatable bonds is 4. The highest BCUT2D eigenvalue weighted by Crippen LogP contribution is 2.27. The third kappa shape index (κ3) is 3.83. The first-order chi connectivity index (χ1) is 11.1. The molecule has 0 atom stereocenters. The standard InChI is InChI=1S/C18H23N3OS/c1-13(2)17-19-15-9-5-4-8-14(15)18(20-17)23-12-16(22)21-10-6-3-7-11-21/h4-5,8-9,13H,3,6-7,10-12H2,1-2H3. The molecule has 1 fully saturated rings. The van der Waals surface area contributed by atoms with Gasteiger partial charge in [-0.15, -0.1) is 0 Å². The number of nitrogens with zero attached hydrogens (tertiary/aromatic N) is 3. The molecular formula is C18H23N3OS. The summed E-state index contributed by atoms with van der Waals surface area (Å²) in [6.45, 7) is 6.00. The zero-order chi connectivity index (χ0) is 16.2. The number of hydrogen-bond donors (Lipinski definition) is 0. The van der Waals surface area contributed by atoms with E-state index in [1.165, 1.54) is 6.42 Å². The van der Waals surface area contributed by atoms with Gasteiger partial charge in [0.25, 0.3) is 0 Å². The van der Waals surface area contributed by atoms with E-state index >= 15 is 0 Å². The molecule has 0 N–H and O–H groups in total. The number of aromatic nitrogens is 2. The minimum Gasteiger partial charge on any atom is -0.342 e. The number of likely N-dealkylation sites (tertiary alicyclic amines) is 1. The van der Waals surface area contributed by atoms with Crippen LogP contribution in [-0.2, 0) is 4.79 Å². The van der Waals surface area contributed by atoms with Crippen molar-refractivity contribution in [2.24, 2.45) is 0 Å². The molecule has 2 heterocycles. The summed E-state index contributed by atoms with van der Waals surface area (Å²) in [4.78, 5) is 23.7. The van der Waals surface area contributed by atoms with Crippen LogP contribution in [0.3, 0.4) is 0 Å². The zero-order valence-corrected chi connectivity index (χ0v) is 14.6. The summed E-state index contributed by atoms with van der Waals surface area (Å²) in [5.41, 5.74) is 0.958. The maximum Gasteiger partial charge on any atom is 0.232 e. The fraction of sp³-hybridized carbons (Fsp3) is 0.500. The first-order valence-electron chi connectivity index (χ1n) is 8.32. The quantitative estimate of drug-likeness (QED) is 0.631. The van der Waals surface area contributed by atoms with E-state index < -0.39 is 0 Å². The van der Waals surface area contributed by atoms with Gasteiger partial charge in [-0.2, -0.15) is 0 Å². The van der Waals surface area contributed by atoms with E-state index in [-0.39, 0.29) is 11.8 Å². The smallest absolute Gasteiger partial charge is 0.232 e. The summed E-state index contributed by atoms with van der Waals surface area (Å²) in [7, 11) is 0. The van der Waals surface area contributed by atoms with Crippen molar-refractivity contribution in [3.8, 4) is 0 Å². The van der Waals surface area contributed by atoms with Gasteiger partial charge in [-0.25, -0.2) is 9.97 Å². The molecule has 1 saturated heterocycles. The Kier molecular flexibility index (Phi) is 5.16. The maximum absolute atomic E-state index is 12.4. The van der Waals surface area contributed by atoms with Crippen LogP contribution in [0.4, 0.5) is 0 Å². The highest BCUT2D eigenvalue weighted by molar-refractivity contribution is 8.00. The van der Waals surface area contributed by atoms with E-state index in [4.69, 9.17) is 4.98 Å². The van der Waals surface area contributed by atoms with Gasteiger partial charge < -0.3 is 4.90 Å². The van der Waals surface area contributed by atoms with Gasteiger partial charge in [-0.3, -0.25) is 4.79 Å². The Bertz CT molecular complexity index is 696. The lowest BCUT2D eigenvalue weighted by atomic mass is 10.1. The number of benzene rings is 1. The summed E-state index contributed by atoms with van der Waals surface area (Å²) < 4.78 is 0. The van der Waals surface area contributed by atoms with Crippen molar-refractivity contribution in [1.29, 1.82) is 0 Å². The van der Waals surface area contributed by atoms with Crippen LogP contribution in [0.2, 0.25) is 0 Å². The molecule has 0 saturated carbocycles. The largest absolute Gasteiger partial charge is 0.342 e. The van der Waals surface area contributed by atoms with E-state index in [0.29, 0.717) is 5.75 Å². The van der Waals surface area contributed by atoms with Crippen LogP contribution in [-0.4, -0.2) is 39.6 Å². The predicted octanol–water partition coefficient (Wildman–Crippen LogP) is 3.86. The minimum atomic E-state index is 0.225. The summed E-state index contributed by atoms with van der Waals surface area (Å²) in [5, 5.41) is 1.96. The van der Waals surface area contributed by atoms with Gasteiger partial charge in [0, 0.05) is 24.4 Å². The highest BCUT2D eigenvalue weighted by Gasteiger charge is 2.18. The van der Waals surface area contributed by atoms with E-state index in [9.17, 15) is 4.79 Å². The molecule has 2 aromatic rings. The summed E-state index contributed by atoms with van der Waals surface area (Å²) in [6.07, 6.45) is 3.50. The van der Waals surface area contributed by atoms with E-state index in [1.54, 1.807) is 11.8 Å². The fourth-order valence-corrected chi connectivity index (χ4v) is 3.73. The molecule has 122 valence electrons. The second-order valence-electron chi connectivity index (χ2n) is 6.29. The normalized spacial score (nSPS) is 15.3. The van der Waals surface area contributed by atoms with Crippen molar-refractivity contribution in [2.75, 3.05) is 18.8 Å². The maximum atomic E-state index is 12.4. The van der Waals surface area contributed by atoms with E-state index in [2.05, 4.69) is 18.8 Å². The topological polar surface area (TPSA) is 46.1 Å². The van der Waals surface area contributed by atoms with Crippen LogP contribution < -0.4 is 0 Å². The van der Waals surface area contributed by atoms with Crippen molar-refractivity contribution in [3.63, 3.8) is 0 Å². The van der Waals surface area contributed by atoms with Gasteiger partial charge in [0.15, 0.2) is 0 Å². The van der Waals surface area contributed by atoms with Gasteiger partial charge in [0.05, 0.1) is 11.3 Å². The minimum absolute atomic E-state index is 0.225. The van der Waals surface area contributed by atoms with Gasteiger partial charge in [0.1, 0.15) is 10.9 Å². The van der Waals surface area contributed by atoms with Gasteiger partial charge >= 0.3 is 0 Å². The van der Waals surface area contributed by atoms with Crippen molar-refractivity contribution in [2.45, 2.75) is 44.1 Å². The van der Waals surface area contributed by atoms with E-state index in [0.717, 1.165) is 47.7 Å². The lowest BCUT2D eigenvalue weighted by molar-refractivity contribution is -0.129. The molecule has 0 radical (unpaired) electrons. The number of thioether (sulfide) groups is 1. The molecule has 1 aliphatic heterocycles. The van der Waals surface area contributed by atoms with Crippen LogP contribution >= 0.6 is 11.8 Å². The van der Waals surface area contributed by atoms with Crippen LogP contribution in [0.5, 0.6) is 0 Å². The van der Waals surface area contributed by atoms with Crippen molar-refractivity contribution < 1.29 is 4.79 Å². The van der Waals surface area contributed by atoms with Crippen LogP contribution in [0.25, 0.3) is 10.9 Å². The average molecular weight is 329 g/mol. The van der Waals surface area contributed by atoms with Crippen molar-refractivity contribution in [3.05, 3.63) is 30.1 Å². The predicted molar refractivity (Wildman–Crippen MR) is 94.8 cm³/mol. The van der Waals surface area contributed by atoms with Crippen LogP contribution in [0.1, 0.15) is 44.9 Å².